The Labute approximate surface area is 106 Å². The third-order valence-corrected chi connectivity index (χ3v) is 3.88. The van der Waals surface area contributed by atoms with Crippen molar-refractivity contribution in [2.24, 2.45) is 5.92 Å². The van der Waals surface area contributed by atoms with Crippen LogP contribution in [-0.2, 0) is 6.42 Å². The van der Waals surface area contributed by atoms with Gasteiger partial charge in [-0.05, 0) is 17.9 Å². The van der Waals surface area contributed by atoms with E-state index in [0.717, 1.165) is 37.3 Å². The van der Waals surface area contributed by atoms with Gasteiger partial charge in [0.1, 0.15) is 12.1 Å². The monoisotopic (exact) mass is 246 g/mol. The van der Waals surface area contributed by atoms with Crippen molar-refractivity contribution >= 4 is 11.4 Å². The molecule has 96 valence electrons. The van der Waals surface area contributed by atoms with Crippen LogP contribution in [-0.4, -0.2) is 45.7 Å². The highest BCUT2D eigenvalue weighted by molar-refractivity contribution is 5.74. The fourth-order valence-corrected chi connectivity index (χ4v) is 2.78. The maximum atomic E-state index is 9.77. The van der Waals surface area contributed by atoms with Gasteiger partial charge in [-0.15, -0.1) is 0 Å². The molecular weight excluding hydrogens is 228 g/mol. The van der Waals surface area contributed by atoms with Crippen molar-refractivity contribution in [3.63, 3.8) is 0 Å². The summed E-state index contributed by atoms with van der Waals surface area (Å²) in [5.74, 6) is 0.933. The van der Waals surface area contributed by atoms with Crippen molar-refractivity contribution in [3.8, 4) is 0 Å². The Hall–Kier alpha value is -1.46. The van der Waals surface area contributed by atoms with Crippen LogP contribution in [0, 0.1) is 5.92 Å². The Bertz CT molecular complexity index is 490. The molecule has 0 amide bonds. The lowest BCUT2D eigenvalue weighted by molar-refractivity contribution is 0.150. The molecule has 18 heavy (non-hydrogen) atoms. The lowest BCUT2D eigenvalue weighted by Crippen LogP contribution is -2.24. The number of nitrogens with zero attached hydrogens (tertiary/aromatic N) is 3. The zero-order valence-electron chi connectivity index (χ0n) is 10.5. The molecule has 1 aliphatic carbocycles. The van der Waals surface area contributed by atoms with E-state index in [1.165, 1.54) is 11.9 Å². The summed E-state index contributed by atoms with van der Waals surface area (Å²) < 4.78 is 0. The number of hydrogen-bond donors (Lipinski definition) is 2. The normalized spacial score (nSPS) is 27.3. The topological polar surface area (TPSA) is 75.3 Å². The number of rotatable bonds is 2. The lowest BCUT2D eigenvalue weighted by atomic mass is 10.1. The number of allylic oxidation sites excluding steroid dienone is 1. The summed E-state index contributed by atoms with van der Waals surface area (Å²) in [4.78, 5) is 10.6. The number of fused-ring (bicyclic) bond motifs is 1. The average molecular weight is 246 g/mol. The molecule has 3 rings (SSSR count). The fraction of sp³-hybridized carbons (Fsp3) is 0.538. The van der Waals surface area contributed by atoms with Gasteiger partial charge in [-0.1, -0.05) is 13.0 Å². The molecule has 5 heteroatoms. The summed E-state index contributed by atoms with van der Waals surface area (Å²) in [5, 5.41) is 9.77. The van der Waals surface area contributed by atoms with Gasteiger partial charge in [0.05, 0.1) is 11.8 Å². The minimum atomic E-state index is -0.207. The highest BCUT2D eigenvalue weighted by Gasteiger charge is 2.29. The van der Waals surface area contributed by atoms with Gasteiger partial charge in [0, 0.05) is 25.2 Å². The number of aliphatic hydroxyl groups is 1. The summed E-state index contributed by atoms with van der Waals surface area (Å²) in [6, 6.07) is 0. The average Bonchev–Trinajstić information content (AvgIpc) is 2.86. The van der Waals surface area contributed by atoms with E-state index >= 15 is 0 Å². The van der Waals surface area contributed by atoms with Crippen molar-refractivity contribution in [2.75, 3.05) is 25.4 Å². The number of nitrogens with two attached hydrogens (primary N) is 1. The third kappa shape index (κ3) is 1.89. The molecule has 0 unspecified atom stereocenters. The first kappa shape index (κ1) is 11.6. The first-order valence-corrected chi connectivity index (χ1v) is 6.34. The highest BCUT2D eigenvalue weighted by Crippen LogP contribution is 2.30. The summed E-state index contributed by atoms with van der Waals surface area (Å²) in [5.41, 5.74) is 9.08. The Morgan fingerprint density at radius 2 is 2.28 bits per heavy atom. The van der Waals surface area contributed by atoms with E-state index in [2.05, 4.69) is 27.9 Å². The van der Waals surface area contributed by atoms with Crippen molar-refractivity contribution in [1.29, 1.82) is 0 Å². The molecule has 0 radical (unpaired) electrons. The quantitative estimate of drug-likeness (QED) is 0.785. The summed E-state index contributed by atoms with van der Waals surface area (Å²) in [7, 11) is 0. The number of aromatic nitrogens is 2. The maximum Gasteiger partial charge on any atom is 0.130 e. The minimum absolute atomic E-state index is 0.207. The number of hydrogen-bond acceptors (Lipinski definition) is 5. The van der Waals surface area contributed by atoms with E-state index in [1.807, 2.05) is 0 Å². The predicted molar refractivity (Wildman–Crippen MR) is 69.7 cm³/mol. The smallest absolute Gasteiger partial charge is 0.130 e. The molecule has 1 aromatic heterocycles. The van der Waals surface area contributed by atoms with E-state index in [-0.39, 0.29) is 6.10 Å². The van der Waals surface area contributed by atoms with E-state index in [1.54, 1.807) is 0 Å². The van der Waals surface area contributed by atoms with Crippen molar-refractivity contribution in [2.45, 2.75) is 19.4 Å². The second kappa shape index (κ2) is 4.33. The number of aliphatic hydroxyl groups excluding tert-OH is 1. The standard InChI is InChI=1S/C13H18N4O/c1-8-4-17(6-11(8)18)5-9-2-3-10-12(9)15-7-16-13(10)14/h2,7-8,11,18H,3-6H2,1H3,(H2,14,15,16)/t8-,11-/m0/s1. The van der Waals surface area contributed by atoms with Crippen LogP contribution in [0.15, 0.2) is 12.4 Å². The zero-order valence-corrected chi connectivity index (χ0v) is 10.5. The Morgan fingerprint density at radius 1 is 1.44 bits per heavy atom. The van der Waals surface area contributed by atoms with E-state index < -0.39 is 0 Å². The molecule has 0 aromatic carbocycles. The number of nitrogen functional groups attached to an aromatic ring is 1. The molecule has 1 aromatic rings. The number of likely N-dealkylation sites (tertiary alicyclic amines) is 1. The van der Waals surface area contributed by atoms with Crippen LogP contribution >= 0.6 is 0 Å². The van der Waals surface area contributed by atoms with Gasteiger partial charge in [0.25, 0.3) is 0 Å². The number of anilines is 1. The molecule has 0 saturated carbocycles. The second-order valence-corrected chi connectivity index (χ2v) is 5.26. The summed E-state index contributed by atoms with van der Waals surface area (Å²) in [6.07, 6.45) is 4.31. The Morgan fingerprint density at radius 3 is 3.00 bits per heavy atom. The molecule has 0 spiro atoms. The van der Waals surface area contributed by atoms with Crippen LogP contribution in [0.2, 0.25) is 0 Å². The highest BCUT2D eigenvalue weighted by atomic mass is 16.3. The van der Waals surface area contributed by atoms with E-state index in [4.69, 9.17) is 5.73 Å². The third-order valence-electron chi connectivity index (χ3n) is 3.88. The fourth-order valence-electron chi connectivity index (χ4n) is 2.78. The van der Waals surface area contributed by atoms with Crippen molar-refractivity contribution in [3.05, 3.63) is 23.7 Å². The van der Waals surface area contributed by atoms with E-state index in [9.17, 15) is 5.11 Å². The van der Waals surface area contributed by atoms with Gasteiger partial charge in [-0.2, -0.15) is 0 Å². The lowest BCUT2D eigenvalue weighted by Gasteiger charge is -2.16. The van der Waals surface area contributed by atoms with Gasteiger partial charge >= 0.3 is 0 Å². The molecule has 2 heterocycles. The van der Waals surface area contributed by atoms with Gasteiger partial charge in [0.2, 0.25) is 0 Å². The maximum absolute atomic E-state index is 9.77. The summed E-state index contributed by atoms with van der Waals surface area (Å²) >= 11 is 0. The van der Waals surface area contributed by atoms with Gasteiger partial charge in [-0.3, -0.25) is 4.90 Å². The van der Waals surface area contributed by atoms with Crippen LogP contribution in [0.25, 0.3) is 5.57 Å². The van der Waals surface area contributed by atoms with Gasteiger partial charge < -0.3 is 10.8 Å². The van der Waals surface area contributed by atoms with Crippen molar-refractivity contribution < 1.29 is 5.11 Å². The van der Waals surface area contributed by atoms with Crippen LogP contribution in [0.1, 0.15) is 18.2 Å². The largest absolute Gasteiger partial charge is 0.391 e. The van der Waals surface area contributed by atoms with Gasteiger partial charge in [0.15, 0.2) is 0 Å². The molecule has 2 aliphatic rings. The Balaban J connectivity index is 1.76. The second-order valence-electron chi connectivity index (χ2n) is 5.26. The molecule has 3 N–H and O–H groups in total. The molecular formula is C13H18N4O. The predicted octanol–water partition coefficient (Wildman–Crippen LogP) is 0.311. The van der Waals surface area contributed by atoms with Crippen LogP contribution in [0.4, 0.5) is 5.82 Å². The number of β-amino-alcohol motifs (C(OH)–C–C–N with tert-alkyl or cyclic N) is 1. The van der Waals surface area contributed by atoms with Crippen LogP contribution in [0.3, 0.4) is 0 Å². The molecule has 2 atom stereocenters. The first-order chi connectivity index (χ1) is 8.65. The SMILES string of the molecule is C[C@H]1CN(CC2=CCc3c(N)ncnc32)C[C@@H]1O. The van der Waals surface area contributed by atoms with Crippen molar-refractivity contribution in [1.82, 2.24) is 14.9 Å². The molecule has 0 bridgehead atoms. The zero-order chi connectivity index (χ0) is 12.7. The summed E-state index contributed by atoms with van der Waals surface area (Å²) in [6.45, 7) is 4.61. The minimum Gasteiger partial charge on any atom is -0.391 e. The molecule has 1 fully saturated rings. The Kier molecular flexibility index (Phi) is 2.80. The van der Waals surface area contributed by atoms with E-state index in [0.29, 0.717) is 11.7 Å². The molecule has 1 saturated heterocycles. The first-order valence-electron chi connectivity index (χ1n) is 6.34. The van der Waals surface area contributed by atoms with Crippen LogP contribution in [0.5, 0.6) is 0 Å². The van der Waals surface area contributed by atoms with Crippen LogP contribution < -0.4 is 5.73 Å². The van der Waals surface area contributed by atoms with Gasteiger partial charge in [-0.25, -0.2) is 9.97 Å². The molecule has 5 nitrogen and oxygen atoms in total. The molecule has 1 aliphatic heterocycles.